The van der Waals surface area contributed by atoms with Crippen LogP contribution in [0.1, 0.15) is 77.2 Å². The van der Waals surface area contributed by atoms with Gasteiger partial charge in [-0.25, -0.2) is 0 Å². The fourth-order valence-electron chi connectivity index (χ4n) is 2.55. The van der Waals surface area contributed by atoms with Gasteiger partial charge in [-0.15, -0.1) is 0 Å². The van der Waals surface area contributed by atoms with Gasteiger partial charge in [0.2, 0.25) is 0 Å². The molecule has 0 nitrogen and oxygen atoms in total. The second-order valence-corrected chi connectivity index (χ2v) is 5.84. The summed E-state index contributed by atoms with van der Waals surface area (Å²) < 4.78 is 0. The van der Waals surface area contributed by atoms with E-state index < -0.39 is 0 Å². The lowest BCUT2D eigenvalue weighted by Crippen LogP contribution is -2.00. The predicted octanol–water partition coefficient (Wildman–Crippen LogP) is 6.18. The van der Waals surface area contributed by atoms with Crippen LogP contribution < -0.4 is 0 Å². The van der Waals surface area contributed by atoms with Crippen LogP contribution in [-0.2, 0) is 0 Å². The third-order valence-electron chi connectivity index (χ3n) is 4.01. The van der Waals surface area contributed by atoms with Crippen LogP contribution >= 0.6 is 0 Å². The summed E-state index contributed by atoms with van der Waals surface area (Å²) in [5.74, 6) is 1.61. The van der Waals surface area contributed by atoms with Gasteiger partial charge in [0.25, 0.3) is 0 Å². The molecule has 0 heterocycles. The second-order valence-electron chi connectivity index (χ2n) is 5.84. The van der Waals surface area contributed by atoms with Gasteiger partial charge in [0.15, 0.2) is 0 Å². The molecule has 0 saturated heterocycles. The van der Waals surface area contributed by atoms with E-state index in [9.17, 15) is 0 Å². The average molecular weight is 246 g/mol. The molecular weight excluding hydrogens is 216 g/mol. The quantitative estimate of drug-likeness (QED) is 0.457. The maximum atomic E-state index is 2.42. The van der Waals surface area contributed by atoms with Crippen molar-refractivity contribution < 1.29 is 0 Å². The van der Waals surface area contributed by atoms with E-state index in [1.54, 1.807) is 0 Å². The molecule has 0 aliphatic carbocycles. The van der Waals surface area contributed by atoms with Gasteiger partial charge in [0, 0.05) is 0 Å². The van der Waals surface area contributed by atoms with E-state index >= 15 is 0 Å². The highest BCUT2D eigenvalue weighted by Crippen LogP contribution is 2.24. The minimum atomic E-state index is 0.712. The van der Waals surface area contributed by atoms with Crippen molar-refractivity contribution in [3.8, 4) is 0 Å². The van der Waals surface area contributed by atoms with Crippen LogP contribution in [0.3, 0.4) is 0 Å². The highest BCUT2D eigenvalue weighted by Gasteiger charge is 2.08. The molecule has 0 bridgehead atoms. The molecule has 0 spiro atoms. The lowest BCUT2D eigenvalue weighted by Gasteiger charge is -2.15. The molecule has 0 aliphatic rings. The zero-order valence-electron chi connectivity index (χ0n) is 12.5. The summed E-state index contributed by atoms with van der Waals surface area (Å²) in [6.45, 7) is 7.06. The Labute approximate surface area is 114 Å². The predicted molar refractivity (Wildman–Crippen MR) is 82.0 cm³/mol. The van der Waals surface area contributed by atoms with Gasteiger partial charge in [-0.2, -0.15) is 0 Å². The summed E-state index contributed by atoms with van der Waals surface area (Å²) in [6.07, 6.45) is 9.74. The molecule has 0 saturated carbocycles. The van der Waals surface area contributed by atoms with Crippen molar-refractivity contribution in [2.24, 2.45) is 5.92 Å². The normalized spacial score (nSPS) is 14.4. The third-order valence-corrected chi connectivity index (χ3v) is 4.01. The van der Waals surface area contributed by atoms with E-state index in [1.165, 1.54) is 50.5 Å². The van der Waals surface area contributed by atoms with Gasteiger partial charge in [-0.05, 0) is 23.8 Å². The van der Waals surface area contributed by atoms with Gasteiger partial charge in [-0.1, -0.05) is 89.6 Å². The average Bonchev–Trinajstić information content (AvgIpc) is 2.42. The maximum absolute atomic E-state index is 2.42. The molecule has 1 aromatic rings. The zero-order chi connectivity index (χ0) is 13.2. The molecule has 1 aromatic carbocycles. The molecule has 18 heavy (non-hydrogen) atoms. The van der Waals surface area contributed by atoms with Crippen LogP contribution in [0.4, 0.5) is 0 Å². The Hall–Kier alpha value is -0.780. The highest BCUT2D eigenvalue weighted by atomic mass is 14.1. The Morgan fingerprint density at radius 1 is 0.833 bits per heavy atom. The van der Waals surface area contributed by atoms with Crippen molar-refractivity contribution in [3.63, 3.8) is 0 Å². The summed E-state index contributed by atoms with van der Waals surface area (Å²) in [4.78, 5) is 0. The molecule has 2 unspecified atom stereocenters. The van der Waals surface area contributed by atoms with E-state index in [2.05, 4.69) is 51.1 Å². The first-order chi connectivity index (χ1) is 8.74. The lowest BCUT2D eigenvalue weighted by atomic mass is 9.90. The summed E-state index contributed by atoms with van der Waals surface area (Å²) in [7, 11) is 0. The lowest BCUT2D eigenvalue weighted by molar-refractivity contribution is 0.431. The van der Waals surface area contributed by atoms with Crippen LogP contribution in [0.25, 0.3) is 0 Å². The molecule has 0 radical (unpaired) electrons. The standard InChI is InChI=1S/C18H30/c1-4-5-6-8-11-16(2)14-15-17(3)18-12-9-7-10-13-18/h7,9-10,12-13,16-17H,4-6,8,11,14-15H2,1-3H3. The smallest absolute Gasteiger partial charge is 0.0190 e. The largest absolute Gasteiger partial charge is 0.0654 e. The third kappa shape index (κ3) is 6.23. The van der Waals surface area contributed by atoms with Crippen LogP contribution in [0.5, 0.6) is 0 Å². The fourth-order valence-corrected chi connectivity index (χ4v) is 2.55. The minimum absolute atomic E-state index is 0.712. The van der Waals surface area contributed by atoms with Crippen LogP contribution in [0.2, 0.25) is 0 Å². The fraction of sp³-hybridized carbons (Fsp3) is 0.667. The first-order valence-electron chi connectivity index (χ1n) is 7.79. The minimum Gasteiger partial charge on any atom is -0.0654 e. The topological polar surface area (TPSA) is 0 Å². The Morgan fingerprint density at radius 3 is 2.22 bits per heavy atom. The highest BCUT2D eigenvalue weighted by molar-refractivity contribution is 5.18. The van der Waals surface area contributed by atoms with Crippen molar-refractivity contribution in [1.29, 1.82) is 0 Å². The SMILES string of the molecule is CCCCCCC(C)CCC(C)c1ccccc1. The van der Waals surface area contributed by atoms with Gasteiger partial charge < -0.3 is 0 Å². The first kappa shape index (κ1) is 15.3. The van der Waals surface area contributed by atoms with E-state index in [-0.39, 0.29) is 0 Å². The number of rotatable bonds is 9. The number of hydrogen-bond acceptors (Lipinski definition) is 0. The van der Waals surface area contributed by atoms with Crippen molar-refractivity contribution in [3.05, 3.63) is 35.9 Å². The molecule has 1 rings (SSSR count). The Kier molecular flexibility index (Phi) is 7.80. The second kappa shape index (κ2) is 9.19. The van der Waals surface area contributed by atoms with Gasteiger partial charge >= 0.3 is 0 Å². The van der Waals surface area contributed by atoms with Crippen LogP contribution in [0.15, 0.2) is 30.3 Å². The monoisotopic (exact) mass is 246 g/mol. The van der Waals surface area contributed by atoms with Crippen molar-refractivity contribution >= 4 is 0 Å². The summed E-state index contributed by atoms with van der Waals surface area (Å²) >= 11 is 0. The molecule has 0 heteroatoms. The van der Waals surface area contributed by atoms with E-state index in [1.807, 2.05) is 0 Å². The van der Waals surface area contributed by atoms with Crippen molar-refractivity contribution in [2.45, 2.75) is 71.6 Å². The number of unbranched alkanes of at least 4 members (excludes halogenated alkanes) is 3. The summed E-state index contributed by atoms with van der Waals surface area (Å²) in [6, 6.07) is 10.9. The zero-order valence-corrected chi connectivity index (χ0v) is 12.5. The maximum Gasteiger partial charge on any atom is -0.0190 e. The molecule has 0 aromatic heterocycles. The molecule has 0 amide bonds. The van der Waals surface area contributed by atoms with Crippen LogP contribution in [-0.4, -0.2) is 0 Å². The molecule has 102 valence electrons. The van der Waals surface area contributed by atoms with Crippen LogP contribution in [0, 0.1) is 5.92 Å². The Bertz CT molecular complexity index is 288. The number of benzene rings is 1. The van der Waals surface area contributed by atoms with E-state index in [0.717, 1.165) is 5.92 Å². The summed E-state index contributed by atoms with van der Waals surface area (Å²) in [5, 5.41) is 0. The molecule has 0 fully saturated rings. The molecule has 0 aliphatic heterocycles. The number of hydrogen-bond donors (Lipinski definition) is 0. The summed E-state index contributed by atoms with van der Waals surface area (Å²) in [5.41, 5.74) is 1.50. The van der Waals surface area contributed by atoms with Crippen molar-refractivity contribution in [2.75, 3.05) is 0 Å². The van der Waals surface area contributed by atoms with E-state index in [4.69, 9.17) is 0 Å². The van der Waals surface area contributed by atoms with Gasteiger partial charge in [-0.3, -0.25) is 0 Å². The van der Waals surface area contributed by atoms with Crippen molar-refractivity contribution in [1.82, 2.24) is 0 Å². The molecular formula is C18H30. The first-order valence-corrected chi connectivity index (χ1v) is 7.79. The van der Waals surface area contributed by atoms with E-state index in [0.29, 0.717) is 5.92 Å². The Balaban J connectivity index is 2.16. The molecule has 2 atom stereocenters. The van der Waals surface area contributed by atoms with Gasteiger partial charge in [0.05, 0.1) is 0 Å². The Morgan fingerprint density at radius 2 is 1.56 bits per heavy atom. The van der Waals surface area contributed by atoms with Gasteiger partial charge in [0.1, 0.15) is 0 Å². The molecule has 0 N–H and O–H groups in total.